The van der Waals surface area contributed by atoms with Crippen LogP contribution >= 0.6 is 12.4 Å². The molecule has 1 atom stereocenters. The number of nitrogens with two attached hydrogens (primary N) is 1. The standard InChI is InChI=1S/C28H24N4O3.ClH/c29-23(14-19-15-30-24-9-5-4-8-21(19)24)27(34)32-20-12-10-18(11-13-20)25-26(33)22(16-31-28(25)35)17-6-2-1-3-7-17;/h1-13,15-16,23,30H,14,29H2,(H,32,34)(H2,31,33,35);1H/t23-;/m0./s1. The number of carbonyl (C=O) groups excluding carboxylic acids is 1. The molecule has 0 aliphatic carbocycles. The number of aromatic amines is 2. The zero-order valence-corrected chi connectivity index (χ0v) is 20.0. The van der Waals surface area contributed by atoms with Crippen molar-refractivity contribution in [2.45, 2.75) is 12.5 Å². The average Bonchev–Trinajstić information content (AvgIpc) is 3.28. The van der Waals surface area contributed by atoms with Gasteiger partial charge in [0, 0.05) is 34.5 Å². The molecule has 182 valence electrons. The van der Waals surface area contributed by atoms with Gasteiger partial charge >= 0.3 is 0 Å². The maximum Gasteiger partial charge on any atom is 0.259 e. The fourth-order valence-electron chi connectivity index (χ4n) is 4.21. The van der Waals surface area contributed by atoms with Crippen molar-refractivity contribution in [2.24, 2.45) is 5.73 Å². The topological polar surface area (TPSA) is 124 Å². The fraction of sp³-hybridized carbons (Fsp3) is 0.0714. The van der Waals surface area contributed by atoms with Crippen LogP contribution in [0.4, 0.5) is 5.69 Å². The van der Waals surface area contributed by atoms with Crippen LogP contribution in [0.25, 0.3) is 33.2 Å². The van der Waals surface area contributed by atoms with Crippen molar-refractivity contribution in [3.63, 3.8) is 0 Å². The summed E-state index contributed by atoms with van der Waals surface area (Å²) >= 11 is 0. The van der Waals surface area contributed by atoms with Crippen LogP contribution in [-0.2, 0) is 11.2 Å². The van der Waals surface area contributed by atoms with Crippen LogP contribution in [0.5, 0.6) is 5.75 Å². The van der Waals surface area contributed by atoms with Gasteiger partial charge in [-0.25, -0.2) is 0 Å². The molecule has 8 heteroatoms. The zero-order chi connectivity index (χ0) is 24.4. The first-order valence-electron chi connectivity index (χ1n) is 11.2. The number of halogens is 1. The molecule has 7 nitrogen and oxygen atoms in total. The second-order valence-corrected chi connectivity index (χ2v) is 8.36. The molecule has 0 radical (unpaired) electrons. The van der Waals surface area contributed by atoms with E-state index in [0.29, 0.717) is 23.2 Å². The van der Waals surface area contributed by atoms with Crippen molar-refractivity contribution < 1.29 is 9.90 Å². The van der Waals surface area contributed by atoms with Crippen LogP contribution in [0, 0.1) is 0 Å². The smallest absolute Gasteiger partial charge is 0.259 e. The summed E-state index contributed by atoms with van der Waals surface area (Å²) in [7, 11) is 0. The number of rotatable bonds is 6. The van der Waals surface area contributed by atoms with Gasteiger partial charge in [0.15, 0.2) is 0 Å². The number of benzene rings is 3. The Balaban J connectivity index is 0.00000304. The molecule has 0 aliphatic rings. The lowest BCUT2D eigenvalue weighted by Gasteiger charge is -2.13. The van der Waals surface area contributed by atoms with Gasteiger partial charge in [-0.05, 0) is 41.3 Å². The van der Waals surface area contributed by atoms with Crippen LogP contribution in [0.3, 0.4) is 0 Å². The molecule has 0 saturated carbocycles. The molecule has 0 fully saturated rings. The SMILES string of the molecule is Cl.N[C@@H](Cc1c[nH]c2ccccc12)C(=O)Nc1ccc(-c2c(O)c(-c3ccccc3)c[nH]c2=O)cc1. The second-order valence-electron chi connectivity index (χ2n) is 8.36. The lowest BCUT2D eigenvalue weighted by molar-refractivity contribution is -0.117. The number of fused-ring (bicyclic) bond motifs is 1. The summed E-state index contributed by atoms with van der Waals surface area (Å²) in [6.45, 7) is 0. The molecule has 3 aromatic carbocycles. The summed E-state index contributed by atoms with van der Waals surface area (Å²) in [6, 6.07) is 23.2. The molecule has 5 rings (SSSR count). The van der Waals surface area contributed by atoms with Crippen molar-refractivity contribution in [1.29, 1.82) is 0 Å². The molecule has 2 aromatic heterocycles. The summed E-state index contributed by atoms with van der Waals surface area (Å²) in [5.74, 6) is -0.410. The first-order valence-corrected chi connectivity index (χ1v) is 11.2. The number of H-pyrrole nitrogens is 2. The number of pyridine rings is 1. The number of aromatic hydroxyl groups is 1. The third-order valence-electron chi connectivity index (χ3n) is 6.04. The summed E-state index contributed by atoms with van der Waals surface area (Å²) in [6.07, 6.45) is 3.77. The van der Waals surface area contributed by atoms with E-state index >= 15 is 0 Å². The minimum absolute atomic E-state index is 0. The Hall–Kier alpha value is -4.33. The highest BCUT2D eigenvalue weighted by Crippen LogP contribution is 2.35. The van der Waals surface area contributed by atoms with Gasteiger partial charge in [0.05, 0.1) is 11.6 Å². The molecule has 0 spiro atoms. The van der Waals surface area contributed by atoms with Gasteiger partial charge in [0.2, 0.25) is 5.91 Å². The third kappa shape index (κ3) is 4.88. The van der Waals surface area contributed by atoms with Crippen molar-refractivity contribution in [2.75, 3.05) is 5.32 Å². The molecule has 6 N–H and O–H groups in total. The van der Waals surface area contributed by atoms with Crippen LogP contribution in [0.15, 0.2) is 96.1 Å². The van der Waals surface area contributed by atoms with Gasteiger partial charge < -0.3 is 26.1 Å². The van der Waals surface area contributed by atoms with E-state index in [1.807, 2.05) is 60.8 Å². The van der Waals surface area contributed by atoms with Crippen molar-refractivity contribution in [1.82, 2.24) is 9.97 Å². The van der Waals surface area contributed by atoms with E-state index in [2.05, 4.69) is 15.3 Å². The van der Waals surface area contributed by atoms with Crippen LogP contribution in [-0.4, -0.2) is 27.0 Å². The summed E-state index contributed by atoms with van der Waals surface area (Å²) in [5.41, 5.74) is 10.3. The fourth-order valence-corrected chi connectivity index (χ4v) is 4.21. The number of aromatic nitrogens is 2. The Morgan fingerprint density at radius 1 is 0.889 bits per heavy atom. The predicted molar refractivity (Wildman–Crippen MR) is 145 cm³/mol. The molecule has 0 unspecified atom stereocenters. The van der Waals surface area contributed by atoms with Crippen LogP contribution in [0.1, 0.15) is 5.56 Å². The van der Waals surface area contributed by atoms with E-state index in [1.54, 1.807) is 24.3 Å². The average molecular weight is 501 g/mol. The van der Waals surface area contributed by atoms with Gasteiger partial charge in [-0.15, -0.1) is 12.4 Å². The van der Waals surface area contributed by atoms with Crippen LogP contribution in [0.2, 0.25) is 0 Å². The van der Waals surface area contributed by atoms with E-state index in [1.165, 1.54) is 6.20 Å². The molecule has 2 heterocycles. The Morgan fingerprint density at radius 3 is 2.33 bits per heavy atom. The van der Waals surface area contributed by atoms with Gasteiger partial charge in [-0.1, -0.05) is 60.7 Å². The van der Waals surface area contributed by atoms with Crippen molar-refractivity contribution >= 4 is 34.9 Å². The van der Waals surface area contributed by atoms with E-state index in [-0.39, 0.29) is 29.6 Å². The molecule has 0 bridgehead atoms. The first kappa shape index (κ1) is 24.8. The second kappa shape index (κ2) is 10.5. The lowest BCUT2D eigenvalue weighted by Crippen LogP contribution is -2.37. The Bertz CT molecular complexity index is 1560. The van der Waals surface area contributed by atoms with E-state index in [4.69, 9.17) is 5.73 Å². The number of hydrogen-bond acceptors (Lipinski definition) is 4. The quantitative estimate of drug-likeness (QED) is 0.229. The number of amides is 1. The minimum Gasteiger partial charge on any atom is -0.506 e. The molecule has 0 saturated heterocycles. The Morgan fingerprint density at radius 2 is 1.58 bits per heavy atom. The highest BCUT2D eigenvalue weighted by molar-refractivity contribution is 5.96. The number of nitrogens with one attached hydrogen (secondary N) is 3. The molecule has 5 aromatic rings. The van der Waals surface area contributed by atoms with Gasteiger partial charge in [-0.2, -0.15) is 0 Å². The predicted octanol–water partition coefficient (Wildman–Crippen LogP) is 4.83. The number of carbonyl (C=O) groups is 1. The van der Waals surface area contributed by atoms with Gasteiger partial charge in [-0.3, -0.25) is 9.59 Å². The normalized spacial score (nSPS) is 11.6. The number of para-hydroxylation sites is 1. The summed E-state index contributed by atoms with van der Waals surface area (Å²) < 4.78 is 0. The number of anilines is 1. The van der Waals surface area contributed by atoms with Crippen LogP contribution < -0.4 is 16.6 Å². The van der Waals surface area contributed by atoms with E-state index in [9.17, 15) is 14.7 Å². The largest absolute Gasteiger partial charge is 0.506 e. The molecule has 0 aliphatic heterocycles. The third-order valence-corrected chi connectivity index (χ3v) is 6.04. The maximum absolute atomic E-state index is 12.7. The molecule has 1 amide bonds. The summed E-state index contributed by atoms with van der Waals surface area (Å²) in [4.78, 5) is 31.1. The van der Waals surface area contributed by atoms with E-state index < -0.39 is 11.6 Å². The highest BCUT2D eigenvalue weighted by Gasteiger charge is 2.18. The first-order chi connectivity index (χ1) is 17.0. The van der Waals surface area contributed by atoms with Crippen molar-refractivity contribution in [3.8, 4) is 28.0 Å². The highest BCUT2D eigenvalue weighted by atomic mass is 35.5. The zero-order valence-electron chi connectivity index (χ0n) is 19.2. The summed E-state index contributed by atoms with van der Waals surface area (Å²) in [5, 5.41) is 14.7. The lowest BCUT2D eigenvalue weighted by atomic mass is 10.00. The maximum atomic E-state index is 12.7. The van der Waals surface area contributed by atoms with Gasteiger partial charge in [0.25, 0.3) is 5.56 Å². The Labute approximate surface area is 213 Å². The van der Waals surface area contributed by atoms with E-state index in [0.717, 1.165) is 22.0 Å². The molecular weight excluding hydrogens is 476 g/mol. The Kier molecular flexibility index (Phi) is 7.24. The minimum atomic E-state index is -0.733. The van der Waals surface area contributed by atoms with Gasteiger partial charge in [0.1, 0.15) is 5.75 Å². The molecule has 36 heavy (non-hydrogen) atoms. The molecular formula is C28H25ClN4O3. The van der Waals surface area contributed by atoms with Crippen molar-refractivity contribution in [3.05, 3.63) is 107 Å². The monoisotopic (exact) mass is 500 g/mol. The number of hydrogen-bond donors (Lipinski definition) is 5.